The van der Waals surface area contributed by atoms with Gasteiger partial charge in [-0.1, -0.05) is 24.3 Å². The molecule has 3 heterocycles. The predicted octanol–water partition coefficient (Wildman–Crippen LogP) is 4.86. The van der Waals surface area contributed by atoms with Crippen LogP contribution in [0.2, 0.25) is 0 Å². The number of carbonyl (C=O) groups is 1. The van der Waals surface area contributed by atoms with E-state index in [-0.39, 0.29) is 28.9 Å². The first-order valence-corrected chi connectivity index (χ1v) is 11.2. The van der Waals surface area contributed by atoms with Crippen LogP contribution in [0.4, 0.5) is 5.69 Å². The number of benzene rings is 2. The molecule has 1 N–H and O–H groups in total. The molecule has 0 fully saturated rings. The fourth-order valence-corrected chi connectivity index (χ4v) is 4.24. The summed E-state index contributed by atoms with van der Waals surface area (Å²) in [4.78, 5) is 27.2. The van der Waals surface area contributed by atoms with Gasteiger partial charge in [-0.05, 0) is 54.6 Å². The van der Waals surface area contributed by atoms with Crippen LogP contribution in [0.15, 0.2) is 80.7 Å². The highest BCUT2D eigenvalue weighted by atomic mass is 32.2. The smallest absolute Gasteiger partial charge is 0.283 e. The molecule has 35 heavy (non-hydrogen) atoms. The summed E-state index contributed by atoms with van der Waals surface area (Å²) in [6.07, 6.45) is 1.41. The molecule has 0 spiro atoms. The monoisotopic (exact) mass is 487 g/mol. The van der Waals surface area contributed by atoms with Gasteiger partial charge in [0.1, 0.15) is 28.9 Å². The molecule has 11 heteroatoms. The molecule has 10 nitrogen and oxygen atoms in total. The van der Waals surface area contributed by atoms with Crippen molar-refractivity contribution < 1.29 is 18.9 Å². The molecule has 2 aromatic carbocycles. The zero-order chi connectivity index (χ0) is 24.5. The molecule has 174 valence electrons. The highest BCUT2D eigenvalue weighted by Crippen LogP contribution is 2.30. The molecule has 2 aliphatic heterocycles. The van der Waals surface area contributed by atoms with Crippen LogP contribution in [0, 0.1) is 22.4 Å². The van der Waals surface area contributed by atoms with Crippen molar-refractivity contribution in [2.45, 2.75) is 6.92 Å². The number of amidine groups is 2. The summed E-state index contributed by atoms with van der Waals surface area (Å²) in [5.74, 6) is 0.677. The number of nitro groups is 1. The molecule has 5 rings (SSSR count). The Labute approximate surface area is 203 Å². The second-order valence-corrected chi connectivity index (χ2v) is 8.67. The van der Waals surface area contributed by atoms with Gasteiger partial charge in [0, 0.05) is 17.7 Å². The molecule has 0 saturated carbocycles. The van der Waals surface area contributed by atoms with E-state index in [1.807, 2.05) is 31.2 Å². The van der Waals surface area contributed by atoms with Crippen molar-refractivity contribution in [2.75, 3.05) is 6.61 Å². The normalized spacial score (nSPS) is 16.3. The van der Waals surface area contributed by atoms with E-state index < -0.39 is 10.8 Å². The van der Waals surface area contributed by atoms with Crippen molar-refractivity contribution in [3.8, 4) is 17.1 Å². The molecule has 0 radical (unpaired) electrons. The number of aliphatic imine (C=N–C) groups is 1. The number of carbonyl (C=O) groups excluding carboxylic acids is 1. The van der Waals surface area contributed by atoms with Gasteiger partial charge in [0.15, 0.2) is 5.84 Å². The number of hydrazone groups is 1. The Balaban J connectivity index is 1.34. The van der Waals surface area contributed by atoms with Gasteiger partial charge in [-0.2, -0.15) is 15.1 Å². The number of ether oxygens (including phenoxy) is 1. The molecular weight excluding hydrogens is 470 g/mol. The molecule has 0 unspecified atom stereocenters. The molecule has 2 aliphatic rings. The Morgan fingerprint density at radius 2 is 2.03 bits per heavy atom. The third kappa shape index (κ3) is 4.62. The molecular formula is C24H17N5O5S. The number of hydrogen-bond donors (Lipinski definition) is 1. The van der Waals surface area contributed by atoms with E-state index in [2.05, 4.69) is 10.1 Å². The van der Waals surface area contributed by atoms with Gasteiger partial charge in [0.2, 0.25) is 5.17 Å². The lowest BCUT2D eigenvalue weighted by atomic mass is 10.1. The number of hydrogen-bond acceptors (Lipinski definition) is 8. The first-order chi connectivity index (χ1) is 16.9. The maximum Gasteiger partial charge on any atom is 0.283 e. The number of thioether (sulfide) groups is 1. The second-order valence-electron chi connectivity index (χ2n) is 7.63. The zero-order valence-electron chi connectivity index (χ0n) is 18.3. The third-order valence-corrected chi connectivity index (χ3v) is 5.98. The van der Waals surface area contributed by atoms with E-state index in [1.54, 1.807) is 24.3 Å². The van der Waals surface area contributed by atoms with E-state index in [0.29, 0.717) is 27.9 Å². The highest BCUT2D eigenvalue weighted by Gasteiger charge is 2.36. The molecule has 1 aromatic heterocycles. The van der Waals surface area contributed by atoms with Crippen LogP contribution in [0.1, 0.15) is 11.3 Å². The Hall–Kier alpha value is -4.51. The number of nitro benzene ring substituents is 1. The van der Waals surface area contributed by atoms with Gasteiger partial charge >= 0.3 is 0 Å². The maximum absolute atomic E-state index is 12.6. The molecule has 0 atom stereocenters. The van der Waals surface area contributed by atoms with E-state index in [0.717, 1.165) is 5.56 Å². The first-order valence-electron chi connectivity index (χ1n) is 10.4. The average molecular weight is 487 g/mol. The van der Waals surface area contributed by atoms with Crippen LogP contribution in [-0.2, 0) is 4.79 Å². The summed E-state index contributed by atoms with van der Waals surface area (Å²) in [5.41, 5.74) is 1.54. The lowest BCUT2D eigenvalue weighted by Crippen LogP contribution is -2.35. The summed E-state index contributed by atoms with van der Waals surface area (Å²) in [6.45, 7) is 2.14. The van der Waals surface area contributed by atoms with Crippen molar-refractivity contribution in [3.05, 3.63) is 87.7 Å². The molecule has 0 saturated heterocycles. The number of aryl methyl sites for hydroxylation is 1. The Morgan fingerprint density at radius 3 is 2.83 bits per heavy atom. The van der Waals surface area contributed by atoms with Gasteiger partial charge < -0.3 is 9.15 Å². The second kappa shape index (κ2) is 9.03. The minimum Gasteiger partial charge on any atom is -0.487 e. The largest absolute Gasteiger partial charge is 0.487 e. The number of nitrogens with zero attached hydrogens (tertiary/aromatic N) is 4. The van der Waals surface area contributed by atoms with Crippen molar-refractivity contribution >= 4 is 45.5 Å². The number of furan rings is 1. The number of fused-ring (bicyclic) bond motifs is 1. The van der Waals surface area contributed by atoms with Gasteiger partial charge in [-0.15, -0.1) is 0 Å². The number of amides is 1. The molecule has 0 bridgehead atoms. The number of non-ortho nitro benzene ring substituents is 1. The predicted molar refractivity (Wildman–Crippen MR) is 132 cm³/mol. The summed E-state index contributed by atoms with van der Waals surface area (Å²) >= 11 is 1.17. The fourth-order valence-electron chi connectivity index (χ4n) is 3.44. The summed E-state index contributed by atoms with van der Waals surface area (Å²) in [5, 5.41) is 26.0. The van der Waals surface area contributed by atoms with Crippen LogP contribution in [0.5, 0.6) is 5.75 Å². The summed E-state index contributed by atoms with van der Waals surface area (Å²) in [6, 6.07) is 16.9. The van der Waals surface area contributed by atoms with E-state index in [9.17, 15) is 14.9 Å². The van der Waals surface area contributed by atoms with Crippen molar-refractivity contribution in [1.82, 2.24) is 5.01 Å². The van der Waals surface area contributed by atoms with Crippen molar-refractivity contribution in [1.29, 1.82) is 5.41 Å². The third-order valence-electron chi connectivity index (χ3n) is 5.10. The molecule has 3 aromatic rings. The van der Waals surface area contributed by atoms with Crippen LogP contribution >= 0.6 is 11.8 Å². The molecule has 1 amide bonds. The lowest BCUT2D eigenvalue weighted by molar-refractivity contribution is -0.384. The van der Waals surface area contributed by atoms with Crippen LogP contribution < -0.4 is 4.74 Å². The molecule has 0 aliphatic carbocycles. The van der Waals surface area contributed by atoms with Gasteiger partial charge in [-0.25, -0.2) is 0 Å². The van der Waals surface area contributed by atoms with Crippen LogP contribution in [0.25, 0.3) is 17.4 Å². The maximum atomic E-state index is 12.6. The minimum absolute atomic E-state index is 0.0129. The number of rotatable bonds is 6. The Morgan fingerprint density at radius 1 is 1.20 bits per heavy atom. The van der Waals surface area contributed by atoms with Gasteiger partial charge in [-0.3, -0.25) is 20.3 Å². The average Bonchev–Trinajstić information content (AvgIpc) is 3.48. The summed E-state index contributed by atoms with van der Waals surface area (Å²) < 4.78 is 11.5. The first kappa shape index (κ1) is 22.3. The van der Waals surface area contributed by atoms with Crippen LogP contribution in [-0.4, -0.2) is 38.5 Å². The van der Waals surface area contributed by atoms with Crippen molar-refractivity contribution in [2.24, 2.45) is 10.1 Å². The lowest BCUT2D eigenvalue weighted by Gasteiger charge is -2.19. The topological polar surface area (TPSA) is 134 Å². The Bertz CT molecular complexity index is 1470. The zero-order valence-corrected chi connectivity index (χ0v) is 19.1. The van der Waals surface area contributed by atoms with E-state index >= 15 is 0 Å². The Kier molecular flexibility index (Phi) is 5.75. The number of nitrogens with one attached hydrogen (secondary N) is 1. The van der Waals surface area contributed by atoms with E-state index in [1.165, 1.54) is 35.0 Å². The van der Waals surface area contributed by atoms with Gasteiger partial charge in [0.05, 0.1) is 10.5 Å². The SMILES string of the molecule is Cc1cccc(OCC2=NN3C(=N)C(=Cc4ccc(-c5cccc([N+](=O)[O-])c5)o4)C(=O)N=C3S2)c1. The summed E-state index contributed by atoms with van der Waals surface area (Å²) in [7, 11) is 0. The highest BCUT2D eigenvalue weighted by molar-refractivity contribution is 8.27. The minimum atomic E-state index is -0.585. The van der Waals surface area contributed by atoms with Gasteiger partial charge in [0.25, 0.3) is 11.6 Å². The quantitative estimate of drug-likeness (QED) is 0.298. The standard InChI is InChI=1S/C24H17N5O5S/c1-14-4-2-7-17(10-14)33-13-21-27-28-22(25)19(23(30)26-24(28)35-21)12-18-8-9-20(34-18)15-5-3-6-16(11-15)29(31)32/h2-12,25H,13H2,1H3. The van der Waals surface area contributed by atoms with E-state index in [4.69, 9.17) is 14.6 Å². The fraction of sp³-hybridized carbons (Fsp3) is 0.0833. The van der Waals surface area contributed by atoms with Crippen LogP contribution in [0.3, 0.4) is 0 Å². The van der Waals surface area contributed by atoms with Crippen molar-refractivity contribution in [3.63, 3.8) is 0 Å².